The SMILES string of the molecule is S=C(Nc1ccccc1)c1cc[nH]n1. The Morgan fingerprint density at radius 3 is 2.64 bits per heavy atom. The molecule has 0 atom stereocenters. The molecule has 0 amide bonds. The first kappa shape index (κ1) is 8.90. The van der Waals surface area contributed by atoms with Crippen LogP contribution in [0, 0.1) is 0 Å². The minimum Gasteiger partial charge on any atom is -0.345 e. The fraction of sp³-hybridized carbons (Fsp3) is 0. The second-order valence-electron chi connectivity index (χ2n) is 2.78. The van der Waals surface area contributed by atoms with Crippen LogP contribution in [0.5, 0.6) is 0 Å². The molecule has 0 spiro atoms. The smallest absolute Gasteiger partial charge is 0.131 e. The fourth-order valence-electron chi connectivity index (χ4n) is 1.10. The number of H-pyrrole nitrogens is 1. The molecule has 0 bridgehead atoms. The first-order chi connectivity index (χ1) is 6.86. The summed E-state index contributed by atoms with van der Waals surface area (Å²) in [5, 5.41) is 9.80. The first-order valence-corrected chi connectivity index (χ1v) is 4.63. The van der Waals surface area contributed by atoms with E-state index in [9.17, 15) is 0 Å². The Morgan fingerprint density at radius 2 is 2.00 bits per heavy atom. The average Bonchev–Trinajstić information content (AvgIpc) is 2.72. The highest BCUT2D eigenvalue weighted by molar-refractivity contribution is 7.81. The normalized spacial score (nSPS) is 9.71. The minimum absolute atomic E-state index is 0.623. The molecule has 1 heterocycles. The van der Waals surface area contributed by atoms with Gasteiger partial charge in [-0.25, -0.2) is 0 Å². The van der Waals surface area contributed by atoms with Crippen molar-refractivity contribution in [3.05, 3.63) is 48.3 Å². The van der Waals surface area contributed by atoms with Crippen LogP contribution in [0.3, 0.4) is 0 Å². The maximum absolute atomic E-state index is 5.16. The van der Waals surface area contributed by atoms with Crippen molar-refractivity contribution in [2.24, 2.45) is 0 Å². The summed E-state index contributed by atoms with van der Waals surface area (Å²) in [5.74, 6) is 0. The molecule has 0 saturated heterocycles. The van der Waals surface area contributed by atoms with Gasteiger partial charge in [-0.2, -0.15) is 5.10 Å². The molecule has 0 unspecified atom stereocenters. The molecule has 4 heteroatoms. The lowest BCUT2D eigenvalue weighted by Crippen LogP contribution is -2.10. The number of para-hydroxylation sites is 1. The molecule has 3 nitrogen and oxygen atoms in total. The Morgan fingerprint density at radius 1 is 1.21 bits per heavy atom. The van der Waals surface area contributed by atoms with Crippen LogP contribution in [-0.2, 0) is 0 Å². The van der Waals surface area contributed by atoms with Gasteiger partial charge in [0, 0.05) is 11.9 Å². The van der Waals surface area contributed by atoms with Crippen LogP contribution in [0.1, 0.15) is 5.69 Å². The second kappa shape index (κ2) is 4.02. The summed E-state index contributed by atoms with van der Waals surface area (Å²) in [5.41, 5.74) is 1.73. The van der Waals surface area contributed by atoms with Crippen LogP contribution in [0.2, 0.25) is 0 Å². The van der Waals surface area contributed by atoms with Crippen LogP contribution in [0.4, 0.5) is 5.69 Å². The van der Waals surface area contributed by atoms with Crippen molar-refractivity contribution in [3.8, 4) is 0 Å². The van der Waals surface area contributed by atoms with Crippen LogP contribution < -0.4 is 5.32 Å². The molecule has 0 radical (unpaired) electrons. The van der Waals surface area contributed by atoms with E-state index in [0.29, 0.717) is 4.99 Å². The van der Waals surface area contributed by atoms with Gasteiger partial charge >= 0.3 is 0 Å². The number of benzene rings is 1. The van der Waals surface area contributed by atoms with Crippen molar-refractivity contribution in [2.75, 3.05) is 5.32 Å². The van der Waals surface area contributed by atoms with Crippen molar-refractivity contribution in [1.29, 1.82) is 0 Å². The molecule has 0 fully saturated rings. The zero-order valence-corrected chi connectivity index (χ0v) is 8.21. The largest absolute Gasteiger partial charge is 0.345 e. The van der Waals surface area contributed by atoms with Gasteiger partial charge in [0.1, 0.15) is 10.7 Å². The molecule has 2 aromatic rings. The summed E-state index contributed by atoms with van der Waals surface area (Å²) in [7, 11) is 0. The monoisotopic (exact) mass is 203 g/mol. The number of aromatic amines is 1. The summed E-state index contributed by atoms with van der Waals surface area (Å²) in [6, 6.07) is 11.6. The minimum atomic E-state index is 0.623. The lowest BCUT2D eigenvalue weighted by atomic mass is 10.3. The Kier molecular flexibility index (Phi) is 2.55. The van der Waals surface area contributed by atoms with Crippen LogP contribution in [0.15, 0.2) is 42.6 Å². The number of nitrogens with zero attached hydrogens (tertiary/aromatic N) is 1. The van der Waals surface area contributed by atoms with E-state index < -0.39 is 0 Å². The van der Waals surface area contributed by atoms with Gasteiger partial charge in [-0.15, -0.1) is 0 Å². The predicted octanol–water partition coefficient (Wildman–Crippen LogP) is 2.20. The quantitative estimate of drug-likeness (QED) is 0.735. The molecule has 2 N–H and O–H groups in total. The van der Waals surface area contributed by atoms with E-state index in [2.05, 4.69) is 15.5 Å². The molecular weight excluding hydrogens is 194 g/mol. The van der Waals surface area contributed by atoms with E-state index in [4.69, 9.17) is 12.2 Å². The van der Waals surface area contributed by atoms with Crippen LogP contribution in [0.25, 0.3) is 0 Å². The third-order valence-corrected chi connectivity index (χ3v) is 2.08. The predicted molar refractivity (Wildman–Crippen MR) is 60.4 cm³/mol. The fourth-order valence-corrected chi connectivity index (χ4v) is 1.33. The summed E-state index contributed by atoms with van der Waals surface area (Å²) in [6.45, 7) is 0. The van der Waals surface area contributed by atoms with Crippen molar-refractivity contribution >= 4 is 22.9 Å². The van der Waals surface area contributed by atoms with Gasteiger partial charge in [-0.05, 0) is 18.2 Å². The summed E-state index contributed by atoms with van der Waals surface area (Å²) in [6.07, 6.45) is 1.74. The van der Waals surface area contributed by atoms with Crippen LogP contribution >= 0.6 is 12.2 Å². The molecule has 14 heavy (non-hydrogen) atoms. The second-order valence-corrected chi connectivity index (χ2v) is 3.19. The van der Waals surface area contributed by atoms with E-state index in [-0.39, 0.29) is 0 Å². The molecule has 2 rings (SSSR count). The number of nitrogens with one attached hydrogen (secondary N) is 2. The lowest BCUT2D eigenvalue weighted by Gasteiger charge is -2.04. The molecule has 0 aliphatic heterocycles. The van der Waals surface area contributed by atoms with Crippen LogP contribution in [-0.4, -0.2) is 15.2 Å². The highest BCUT2D eigenvalue weighted by Crippen LogP contribution is 2.07. The topological polar surface area (TPSA) is 40.7 Å². The maximum Gasteiger partial charge on any atom is 0.131 e. The zero-order valence-electron chi connectivity index (χ0n) is 7.40. The number of rotatable bonds is 2. The first-order valence-electron chi connectivity index (χ1n) is 4.22. The van der Waals surface area contributed by atoms with Crippen molar-refractivity contribution in [3.63, 3.8) is 0 Å². The molecule has 0 saturated carbocycles. The summed E-state index contributed by atoms with van der Waals surface area (Å²) in [4.78, 5) is 0.623. The standard InChI is InChI=1S/C10H9N3S/c14-10(9-6-7-11-13-9)12-8-4-2-1-3-5-8/h1-7H,(H,11,13)(H,12,14). The maximum atomic E-state index is 5.16. The number of thiocarbonyl (C=S) groups is 1. The number of hydrogen-bond acceptors (Lipinski definition) is 2. The Bertz CT molecular complexity index is 408. The molecule has 0 aliphatic carbocycles. The zero-order chi connectivity index (χ0) is 9.80. The van der Waals surface area contributed by atoms with Gasteiger partial charge in [0.25, 0.3) is 0 Å². The summed E-state index contributed by atoms with van der Waals surface area (Å²) >= 11 is 5.16. The lowest BCUT2D eigenvalue weighted by molar-refractivity contribution is 1.08. The molecule has 1 aromatic carbocycles. The van der Waals surface area contributed by atoms with Gasteiger partial charge in [-0.1, -0.05) is 30.4 Å². The van der Waals surface area contributed by atoms with E-state index in [0.717, 1.165) is 11.4 Å². The Labute approximate surface area is 87.2 Å². The molecular formula is C10H9N3S. The van der Waals surface area contributed by atoms with E-state index in [1.54, 1.807) is 6.20 Å². The Balaban J connectivity index is 2.10. The molecule has 0 aliphatic rings. The van der Waals surface area contributed by atoms with E-state index >= 15 is 0 Å². The number of aromatic nitrogens is 2. The number of hydrogen-bond donors (Lipinski definition) is 2. The van der Waals surface area contributed by atoms with Crippen molar-refractivity contribution < 1.29 is 0 Å². The third kappa shape index (κ3) is 1.97. The van der Waals surface area contributed by atoms with Gasteiger partial charge in [0.2, 0.25) is 0 Å². The highest BCUT2D eigenvalue weighted by Gasteiger charge is 2.02. The third-order valence-electron chi connectivity index (χ3n) is 1.77. The number of anilines is 1. The molecule has 70 valence electrons. The van der Waals surface area contributed by atoms with E-state index in [1.807, 2.05) is 36.4 Å². The Hall–Kier alpha value is -1.68. The van der Waals surface area contributed by atoms with Crippen molar-refractivity contribution in [1.82, 2.24) is 10.2 Å². The summed E-state index contributed by atoms with van der Waals surface area (Å²) < 4.78 is 0. The van der Waals surface area contributed by atoms with Crippen molar-refractivity contribution in [2.45, 2.75) is 0 Å². The van der Waals surface area contributed by atoms with Gasteiger partial charge in [0.05, 0.1) is 0 Å². The van der Waals surface area contributed by atoms with E-state index in [1.165, 1.54) is 0 Å². The van der Waals surface area contributed by atoms with Gasteiger partial charge < -0.3 is 5.32 Å². The highest BCUT2D eigenvalue weighted by atomic mass is 32.1. The molecule has 1 aromatic heterocycles. The average molecular weight is 203 g/mol. The van der Waals surface area contributed by atoms with Gasteiger partial charge in [-0.3, -0.25) is 5.10 Å². The van der Waals surface area contributed by atoms with Gasteiger partial charge in [0.15, 0.2) is 0 Å².